The molecule has 0 amide bonds. The molecule has 2 fully saturated rings. The van der Waals surface area contributed by atoms with E-state index in [0.717, 1.165) is 30.3 Å². The Kier molecular flexibility index (Phi) is 3.48. The van der Waals surface area contributed by atoms with Gasteiger partial charge in [-0.3, -0.25) is 0 Å². The average molecular weight is 310 g/mol. The van der Waals surface area contributed by atoms with Gasteiger partial charge in [-0.15, -0.1) is 0 Å². The van der Waals surface area contributed by atoms with Crippen LogP contribution in [0.15, 0.2) is 28.7 Å². The standard InChI is InChI=1S/C15H20BrNO/c16-14-6-2-1-4-12(14)10-15(18)7-9-17-8-3-5-13(17)11-15/h1-2,4,6,13,18H,3,5,7-11H2. The number of hydrogen-bond donors (Lipinski definition) is 1. The molecule has 0 saturated carbocycles. The average Bonchev–Trinajstić information content (AvgIpc) is 2.79. The van der Waals surface area contributed by atoms with Crippen LogP contribution in [0.4, 0.5) is 0 Å². The normalized spacial score (nSPS) is 32.4. The Morgan fingerprint density at radius 3 is 3.00 bits per heavy atom. The molecule has 0 aromatic heterocycles. The second kappa shape index (κ2) is 4.95. The maximum absolute atomic E-state index is 10.8. The van der Waals surface area contributed by atoms with Crippen LogP contribution in [0.25, 0.3) is 0 Å². The van der Waals surface area contributed by atoms with Gasteiger partial charge in [0.15, 0.2) is 0 Å². The molecule has 0 bridgehead atoms. The second-order valence-electron chi connectivity index (χ2n) is 5.78. The summed E-state index contributed by atoms with van der Waals surface area (Å²) in [6.07, 6.45) is 5.19. The molecule has 0 radical (unpaired) electrons. The molecule has 98 valence electrons. The first kappa shape index (κ1) is 12.6. The molecule has 1 N–H and O–H groups in total. The maximum atomic E-state index is 10.8. The van der Waals surface area contributed by atoms with Crippen LogP contribution in [0, 0.1) is 0 Å². The van der Waals surface area contributed by atoms with E-state index in [2.05, 4.69) is 33.0 Å². The molecule has 0 aliphatic carbocycles. The maximum Gasteiger partial charge on any atom is 0.0715 e. The highest BCUT2D eigenvalue weighted by atomic mass is 79.9. The minimum absolute atomic E-state index is 0.505. The third-order valence-corrected chi connectivity index (χ3v) is 5.23. The zero-order chi connectivity index (χ0) is 12.6. The van der Waals surface area contributed by atoms with Crippen molar-refractivity contribution in [1.82, 2.24) is 4.90 Å². The van der Waals surface area contributed by atoms with E-state index in [0.29, 0.717) is 6.04 Å². The van der Waals surface area contributed by atoms with Gasteiger partial charge in [-0.2, -0.15) is 0 Å². The minimum atomic E-state index is -0.505. The zero-order valence-electron chi connectivity index (χ0n) is 10.6. The van der Waals surface area contributed by atoms with Gasteiger partial charge < -0.3 is 10.0 Å². The highest BCUT2D eigenvalue weighted by molar-refractivity contribution is 9.10. The molecular weight excluding hydrogens is 290 g/mol. The number of nitrogens with zero attached hydrogens (tertiary/aromatic N) is 1. The first-order valence-corrected chi connectivity index (χ1v) is 7.65. The lowest BCUT2D eigenvalue weighted by Crippen LogP contribution is -2.48. The number of hydrogen-bond acceptors (Lipinski definition) is 2. The van der Waals surface area contributed by atoms with E-state index in [1.165, 1.54) is 24.9 Å². The van der Waals surface area contributed by atoms with E-state index < -0.39 is 5.60 Å². The summed E-state index contributed by atoms with van der Waals surface area (Å²) in [4.78, 5) is 2.55. The fourth-order valence-electron chi connectivity index (χ4n) is 3.47. The smallest absolute Gasteiger partial charge is 0.0715 e. The van der Waals surface area contributed by atoms with Crippen LogP contribution in [-0.2, 0) is 6.42 Å². The number of piperidine rings is 1. The number of rotatable bonds is 2. The lowest BCUT2D eigenvalue weighted by atomic mass is 9.82. The molecule has 2 aliphatic rings. The van der Waals surface area contributed by atoms with Crippen molar-refractivity contribution in [2.45, 2.75) is 43.7 Å². The van der Waals surface area contributed by atoms with Gasteiger partial charge in [0.05, 0.1) is 5.60 Å². The third-order valence-electron chi connectivity index (χ3n) is 4.46. The molecule has 2 atom stereocenters. The summed E-state index contributed by atoms with van der Waals surface area (Å²) in [6, 6.07) is 8.86. The third kappa shape index (κ3) is 2.49. The summed E-state index contributed by atoms with van der Waals surface area (Å²) in [5, 5.41) is 10.8. The van der Waals surface area contributed by atoms with Crippen molar-refractivity contribution in [2.24, 2.45) is 0 Å². The first-order chi connectivity index (χ1) is 8.66. The van der Waals surface area contributed by atoms with Gasteiger partial charge >= 0.3 is 0 Å². The first-order valence-electron chi connectivity index (χ1n) is 6.86. The molecule has 2 heterocycles. The number of benzene rings is 1. The van der Waals surface area contributed by atoms with Crippen molar-refractivity contribution < 1.29 is 5.11 Å². The van der Waals surface area contributed by atoms with Crippen molar-refractivity contribution in [1.29, 1.82) is 0 Å². The Hall–Kier alpha value is -0.380. The zero-order valence-corrected chi connectivity index (χ0v) is 12.2. The Morgan fingerprint density at radius 2 is 2.17 bits per heavy atom. The van der Waals surface area contributed by atoms with Crippen LogP contribution < -0.4 is 0 Å². The van der Waals surface area contributed by atoms with E-state index in [1.807, 2.05) is 12.1 Å². The van der Waals surface area contributed by atoms with Crippen molar-refractivity contribution in [3.63, 3.8) is 0 Å². The molecule has 3 rings (SSSR count). The van der Waals surface area contributed by atoms with Gasteiger partial charge in [-0.05, 0) is 43.9 Å². The lowest BCUT2D eigenvalue weighted by Gasteiger charge is -2.41. The van der Waals surface area contributed by atoms with Crippen molar-refractivity contribution in [2.75, 3.05) is 13.1 Å². The van der Waals surface area contributed by atoms with E-state index >= 15 is 0 Å². The summed E-state index contributed by atoms with van der Waals surface area (Å²) in [5.41, 5.74) is 0.724. The van der Waals surface area contributed by atoms with E-state index in [1.54, 1.807) is 0 Å². The summed E-state index contributed by atoms with van der Waals surface area (Å²) in [6.45, 7) is 2.29. The van der Waals surface area contributed by atoms with Gasteiger partial charge in [0.1, 0.15) is 0 Å². The Morgan fingerprint density at radius 1 is 1.33 bits per heavy atom. The molecular formula is C15H20BrNO. The van der Waals surface area contributed by atoms with Crippen LogP contribution in [0.1, 0.15) is 31.2 Å². The van der Waals surface area contributed by atoms with Crippen molar-refractivity contribution >= 4 is 15.9 Å². The Bertz CT molecular complexity index is 436. The summed E-state index contributed by atoms with van der Waals surface area (Å²) in [5.74, 6) is 0. The molecule has 2 aliphatic heterocycles. The number of fused-ring (bicyclic) bond motifs is 1. The van der Waals surface area contributed by atoms with Gasteiger partial charge in [0.25, 0.3) is 0 Å². The van der Waals surface area contributed by atoms with Gasteiger partial charge in [0.2, 0.25) is 0 Å². The van der Waals surface area contributed by atoms with Crippen molar-refractivity contribution in [3.05, 3.63) is 34.3 Å². The largest absolute Gasteiger partial charge is 0.389 e. The quantitative estimate of drug-likeness (QED) is 0.908. The number of aliphatic hydroxyl groups is 1. The fourth-order valence-corrected chi connectivity index (χ4v) is 3.89. The molecule has 2 unspecified atom stereocenters. The molecule has 3 heteroatoms. The number of halogens is 1. The van der Waals surface area contributed by atoms with Crippen LogP contribution in [0.5, 0.6) is 0 Å². The van der Waals surface area contributed by atoms with Crippen molar-refractivity contribution in [3.8, 4) is 0 Å². The molecule has 1 aromatic carbocycles. The molecule has 0 spiro atoms. The SMILES string of the molecule is OC1(Cc2ccccc2Br)CCN2CCCC2C1. The lowest BCUT2D eigenvalue weighted by molar-refractivity contribution is -0.0355. The fraction of sp³-hybridized carbons (Fsp3) is 0.600. The predicted molar refractivity (Wildman–Crippen MR) is 76.6 cm³/mol. The van der Waals surface area contributed by atoms with E-state index in [-0.39, 0.29) is 0 Å². The minimum Gasteiger partial charge on any atom is -0.389 e. The summed E-state index contributed by atoms with van der Waals surface area (Å²) in [7, 11) is 0. The van der Waals surface area contributed by atoms with Gasteiger partial charge in [-0.25, -0.2) is 0 Å². The molecule has 1 aromatic rings. The summed E-state index contributed by atoms with van der Waals surface area (Å²) >= 11 is 3.58. The van der Waals surface area contributed by atoms with Crippen LogP contribution in [-0.4, -0.2) is 34.7 Å². The van der Waals surface area contributed by atoms with E-state index in [9.17, 15) is 5.11 Å². The Labute approximate surface area is 117 Å². The van der Waals surface area contributed by atoms with Crippen LogP contribution in [0.3, 0.4) is 0 Å². The second-order valence-corrected chi connectivity index (χ2v) is 6.63. The highest BCUT2D eigenvalue weighted by Crippen LogP contribution is 2.36. The monoisotopic (exact) mass is 309 g/mol. The molecule has 2 saturated heterocycles. The highest BCUT2D eigenvalue weighted by Gasteiger charge is 2.40. The van der Waals surface area contributed by atoms with Gasteiger partial charge in [-0.1, -0.05) is 34.1 Å². The molecule has 2 nitrogen and oxygen atoms in total. The topological polar surface area (TPSA) is 23.5 Å². The van der Waals surface area contributed by atoms with E-state index in [4.69, 9.17) is 0 Å². The molecule has 18 heavy (non-hydrogen) atoms. The summed E-state index contributed by atoms with van der Waals surface area (Å²) < 4.78 is 1.12. The Balaban J connectivity index is 1.74. The van der Waals surface area contributed by atoms with Crippen LogP contribution in [0.2, 0.25) is 0 Å². The van der Waals surface area contributed by atoms with Crippen LogP contribution >= 0.6 is 15.9 Å². The predicted octanol–water partition coefficient (Wildman–Crippen LogP) is 2.98. The van der Waals surface area contributed by atoms with Gasteiger partial charge in [0, 0.05) is 23.5 Å².